The van der Waals surface area contributed by atoms with Crippen LogP contribution in [0.25, 0.3) is 0 Å². The molecule has 1 rings (SSSR count). The van der Waals surface area contributed by atoms with Crippen LogP contribution in [0.5, 0.6) is 0 Å². The monoisotopic (exact) mass is 300 g/mol. The summed E-state index contributed by atoms with van der Waals surface area (Å²) in [6, 6.07) is 1.79. The van der Waals surface area contributed by atoms with Gasteiger partial charge in [-0.2, -0.15) is 0 Å². The number of hydrogen-bond donors (Lipinski definition) is 2. The lowest BCUT2D eigenvalue weighted by Gasteiger charge is -2.23. The smallest absolute Gasteiger partial charge is 0.154 e. The fourth-order valence-electron chi connectivity index (χ4n) is 1.44. The minimum Gasteiger partial charge on any atom is -0.370 e. The first kappa shape index (κ1) is 16.7. The van der Waals surface area contributed by atoms with E-state index in [9.17, 15) is 8.42 Å². The quantitative estimate of drug-likeness (QED) is 0.799. The minimum atomic E-state index is -3.13. The summed E-state index contributed by atoms with van der Waals surface area (Å²) in [7, 11) is -3.13. The van der Waals surface area contributed by atoms with Gasteiger partial charge in [-0.05, 0) is 27.2 Å². The molecule has 1 aromatic heterocycles. The van der Waals surface area contributed by atoms with E-state index in [2.05, 4.69) is 27.5 Å². The Morgan fingerprint density at radius 2 is 1.75 bits per heavy atom. The van der Waals surface area contributed by atoms with E-state index in [-0.39, 0.29) is 0 Å². The second-order valence-electron chi connectivity index (χ2n) is 5.50. The molecule has 1 aromatic rings. The van der Waals surface area contributed by atoms with Crippen LogP contribution in [0.4, 0.5) is 11.6 Å². The SMILES string of the molecule is CCCNc1cc(NCC(C)(C)S(C)(=O)=O)nc(C)n1. The third-order valence-electron chi connectivity index (χ3n) is 3.09. The van der Waals surface area contributed by atoms with Crippen molar-refractivity contribution >= 4 is 21.5 Å². The summed E-state index contributed by atoms with van der Waals surface area (Å²) in [5.74, 6) is 2.03. The van der Waals surface area contributed by atoms with Crippen LogP contribution < -0.4 is 10.6 Å². The summed E-state index contributed by atoms with van der Waals surface area (Å²) in [5, 5.41) is 6.27. The zero-order valence-corrected chi connectivity index (χ0v) is 13.6. The molecule has 7 heteroatoms. The van der Waals surface area contributed by atoms with E-state index in [1.165, 1.54) is 6.26 Å². The normalized spacial score (nSPS) is 12.2. The molecule has 1 heterocycles. The fraction of sp³-hybridized carbons (Fsp3) is 0.692. The van der Waals surface area contributed by atoms with Crippen molar-refractivity contribution in [3.63, 3.8) is 0 Å². The lowest BCUT2D eigenvalue weighted by atomic mass is 10.2. The summed E-state index contributed by atoms with van der Waals surface area (Å²) in [5.41, 5.74) is 0. The molecule has 6 nitrogen and oxygen atoms in total. The van der Waals surface area contributed by atoms with Gasteiger partial charge in [-0.15, -0.1) is 0 Å². The molecule has 0 fully saturated rings. The number of nitrogens with zero attached hydrogens (tertiary/aromatic N) is 2. The van der Waals surface area contributed by atoms with Gasteiger partial charge in [0.2, 0.25) is 0 Å². The van der Waals surface area contributed by atoms with Gasteiger partial charge in [0.15, 0.2) is 9.84 Å². The van der Waals surface area contributed by atoms with E-state index < -0.39 is 14.6 Å². The van der Waals surface area contributed by atoms with E-state index in [4.69, 9.17) is 0 Å². The molecule has 0 atom stereocenters. The second kappa shape index (κ2) is 6.39. The Bertz CT molecular complexity index is 555. The van der Waals surface area contributed by atoms with Crippen LogP contribution >= 0.6 is 0 Å². The Balaban J connectivity index is 2.80. The van der Waals surface area contributed by atoms with Crippen molar-refractivity contribution < 1.29 is 8.42 Å². The number of aromatic nitrogens is 2. The van der Waals surface area contributed by atoms with Crippen molar-refractivity contribution in [2.45, 2.75) is 38.9 Å². The van der Waals surface area contributed by atoms with Gasteiger partial charge >= 0.3 is 0 Å². The number of sulfone groups is 1. The Morgan fingerprint density at radius 1 is 1.20 bits per heavy atom. The van der Waals surface area contributed by atoms with Gasteiger partial charge < -0.3 is 10.6 Å². The highest BCUT2D eigenvalue weighted by molar-refractivity contribution is 7.92. The largest absolute Gasteiger partial charge is 0.370 e. The topological polar surface area (TPSA) is 84.0 Å². The minimum absolute atomic E-state index is 0.301. The van der Waals surface area contributed by atoms with Crippen LogP contribution in [-0.4, -0.2) is 42.5 Å². The highest BCUT2D eigenvalue weighted by atomic mass is 32.2. The van der Waals surface area contributed by atoms with Crippen LogP contribution in [-0.2, 0) is 9.84 Å². The van der Waals surface area contributed by atoms with Gasteiger partial charge in [0, 0.05) is 25.4 Å². The van der Waals surface area contributed by atoms with E-state index in [1.807, 2.05) is 6.92 Å². The Labute approximate surface area is 121 Å². The standard InChI is InChI=1S/C13H24N4O2S/c1-6-7-14-11-8-12(17-10(2)16-11)15-9-13(3,4)20(5,18)19/h8H,6-7,9H2,1-5H3,(H2,14,15,16,17). The molecule has 0 amide bonds. The summed E-state index contributed by atoms with van der Waals surface area (Å²) < 4.78 is 22.5. The number of hydrogen-bond acceptors (Lipinski definition) is 6. The van der Waals surface area contributed by atoms with Gasteiger partial charge in [-0.25, -0.2) is 18.4 Å². The van der Waals surface area contributed by atoms with E-state index in [0.29, 0.717) is 18.2 Å². The third-order valence-corrected chi connectivity index (χ3v) is 5.24. The van der Waals surface area contributed by atoms with E-state index in [0.717, 1.165) is 18.8 Å². The lowest BCUT2D eigenvalue weighted by molar-refractivity contribution is 0.559. The lowest BCUT2D eigenvalue weighted by Crippen LogP contribution is -2.38. The van der Waals surface area contributed by atoms with Crippen LogP contribution in [0.1, 0.15) is 33.0 Å². The number of aryl methyl sites for hydroxylation is 1. The Hall–Kier alpha value is -1.37. The summed E-state index contributed by atoms with van der Waals surface area (Å²) >= 11 is 0. The molecule has 2 N–H and O–H groups in total. The molecule has 114 valence electrons. The van der Waals surface area contributed by atoms with Crippen LogP contribution in [0, 0.1) is 6.92 Å². The van der Waals surface area contributed by atoms with Gasteiger partial charge in [-0.3, -0.25) is 0 Å². The highest BCUT2D eigenvalue weighted by Crippen LogP contribution is 2.17. The molecule has 0 aliphatic rings. The second-order valence-corrected chi connectivity index (χ2v) is 8.15. The maximum Gasteiger partial charge on any atom is 0.154 e. The predicted octanol–water partition coefficient (Wildman–Crippen LogP) is 1.84. The molecule has 0 aliphatic heterocycles. The molecule has 0 bridgehead atoms. The molecule has 20 heavy (non-hydrogen) atoms. The summed E-state index contributed by atoms with van der Waals surface area (Å²) in [6.45, 7) is 8.42. The number of anilines is 2. The third kappa shape index (κ3) is 4.63. The maximum absolute atomic E-state index is 11.7. The van der Waals surface area contributed by atoms with Crippen molar-refractivity contribution in [3.05, 3.63) is 11.9 Å². The fourth-order valence-corrected chi connectivity index (χ4v) is 1.77. The number of rotatable bonds is 7. The van der Waals surface area contributed by atoms with E-state index in [1.54, 1.807) is 19.9 Å². The molecule has 0 radical (unpaired) electrons. The van der Waals surface area contributed by atoms with Crippen molar-refractivity contribution in [1.82, 2.24) is 9.97 Å². The average molecular weight is 300 g/mol. The van der Waals surface area contributed by atoms with Crippen LogP contribution in [0.15, 0.2) is 6.07 Å². The molecule has 0 unspecified atom stereocenters. The van der Waals surface area contributed by atoms with Gasteiger partial charge in [0.25, 0.3) is 0 Å². The maximum atomic E-state index is 11.7. The first-order valence-electron chi connectivity index (χ1n) is 6.69. The Morgan fingerprint density at radius 3 is 2.25 bits per heavy atom. The molecule has 0 aromatic carbocycles. The van der Waals surface area contributed by atoms with Crippen molar-refractivity contribution in [2.24, 2.45) is 0 Å². The summed E-state index contributed by atoms with van der Waals surface area (Å²) in [4.78, 5) is 8.55. The highest BCUT2D eigenvalue weighted by Gasteiger charge is 2.29. The zero-order valence-electron chi connectivity index (χ0n) is 12.8. The van der Waals surface area contributed by atoms with Crippen LogP contribution in [0.3, 0.4) is 0 Å². The van der Waals surface area contributed by atoms with Crippen LogP contribution in [0.2, 0.25) is 0 Å². The molecular formula is C13H24N4O2S. The van der Waals surface area contributed by atoms with Gasteiger partial charge in [-0.1, -0.05) is 6.92 Å². The summed E-state index contributed by atoms with van der Waals surface area (Å²) in [6.07, 6.45) is 2.25. The van der Waals surface area contributed by atoms with Crippen molar-refractivity contribution in [3.8, 4) is 0 Å². The first-order chi connectivity index (χ1) is 9.15. The Kier molecular flexibility index (Phi) is 5.33. The molecule has 0 spiro atoms. The molecule has 0 saturated carbocycles. The van der Waals surface area contributed by atoms with E-state index >= 15 is 0 Å². The zero-order chi connectivity index (χ0) is 15.4. The molecule has 0 saturated heterocycles. The van der Waals surface area contributed by atoms with Crippen molar-refractivity contribution in [1.29, 1.82) is 0 Å². The first-order valence-corrected chi connectivity index (χ1v) is 8.58. The van der Waals surface area contributed by atoms with Gasteiger partial charge in [0.1, 0.15) is 17.5 Å². The molecule has 0 aliphatic carbocycles. The average Bonchev–Trinajstić information content (AvgIpc) is 2.32. The molecular weight excluding hydrogens is 276 g/mol. The predicted molar refractivity (Wildman–Crippen MR) is 83.0 cm³/mol. The van der Waals surface area contributed by atoms with Gasteiger partial charge in [0.05, 0.1) is 4.75 Å². The van der Waals surface area contributed by atoms with Crippen molar-refractivity contribution in [2.75, 3.05) is 30.0 Å². The number of nitrogens with one attached hydrogen (secondary N) is 2.